The number of alkyl halides is 6. The third-order valence-electron chi connectivity index (χ3n) is 8.61. The average Bonchev–Trinajstić information content (AvgIpc) is 2.99. The molecule has 4 rings (SSSR count). The Bertz CT molecular complexity index is 1020. The summed E-state index contributed by atoms with van der Waals surface area (Å²) in [6.07, 6.45) is 1.08. The third-order valence-corrected chi connectivity index (χ3v) is 8.61. The number of hydrogen-bond acceptors (Lipinski definition) is 2. The minimum absolute atomic E-state index is 0.0703. The van der Waals surface area contributed by atoms with Gasteiger partial charge in [-0.1, -0.05) is 55.5 Å². The summed E-state index contributed by atoms with van der Waals surface area (Å²) in [7, 11) is 0. The molecule has 2 nitrogen and oxygen atoms in total. The van der Waals surface area contributed by atoms with Crippen LogP contribution >= 0.6 is 0 Å². The molecule has 2 fully saturated rings. The summed E-state index contributed by atoms with van der Waals surface area (Å²) >= 11 is 0. The monoisotopic (exact) mass is 614 g/mol. The zero-order valence-electron chi connectivity index (χ0n) is 25.6. The van der Waals surface area contributed by atoms with Crippen LogP contribution in [0.3, 0.4) is 0 Å². The molecule has 0 unspecified atom stereocenters. The summed E-state index contributed by atoms with van der Waals surface area (Å²) in [5.74, 6) is 1.05. The number of aryl methyl sites for hydroxylation is 2. The molecule has 0 saturated heterocycles. The van der Waals surface area contributed by atoms with Crippen LogP contribution in [0.1, 0.15) is 119 Å². The Hall–Kier alpha value is -2.06. The first-order valence-electron chi connectivity index (χ1n) is 16.0. The fraction of sp³-hybridized carbons (Fsp3) is 0.657. The molecule has 0 aromatic heterocycles. The Labute approximate surface area is 253 Å². The summed E-state index contributed by atoms with van der Waals surface area (Å²) < 4.78 is 84.7. The van der Waals surface area contributed by atoms with E-state index in [1.807, 2.05) is 55.5 Å². The summed E-state index contributed by atoms with van der Waals surface area (Å²) in [6.45, 7) is 5.74. The summed E-state index contributed by atoms with van der Waals surface area (Å²) in [5, 5.41) is 0. The van der Waals surface area contributed by atoms with Gasteiger partial charge in [0.15, 0.2) is 0 Å². The van der Waals surface area contributed by atoms with Crippen LogP contribution < -0.4 is 0 Å². The van der Waals surface area contributed by atoms with Crippen LogP contribution in [-0.4, -0.2) is 37.8 Å². The number of halogens is 6. The predicted molar refractivity (Wildman–Crippen MR) is 159 cm³/mol. The van der Waals surface area contributed by atoms with Gasteiger partial charge in [-0.25, -0.2) is 0 Å². The molecule has 0 aliphatic heterocycles. The normalized spacial score (nSPS) is 23.0. The Morgan fingerprint density at radius 3 is 1.26 bits per heavy atom. The van der Waals surface area contributed by atoms with Crippen molar-refractivity contribution in [3.05, 3.63) is 70.8 Å². The van der Waals surface area contributed by atoms with Gasteiger partial charge in [0.05, 0.1) is 12.2 Å². The van der Waals surface area contributed by atoms with Crippen molar-refractivity contribution in [2.24, 2.45) is 0 Å². The number of benzene rings is 2. The summed E-state index contributed by atoms with van der Waals surface area (Å²) in [6, 6.07) is 15.4. The minimum Gasteiger partial charge on any atom is -0.379 e. The molecule has 2 aliphatic carbocycles. The van der Waals surface area contributed by atoms with E-state index in [1.165, 1.54) is 11.1 Å². The number of hydrogen-bond donors (Lipinski definition) is 0. The van der Waals surface area contributed by atoms with E-state index in [0.29, 0.717) is 24.0 Å². The lowest BCUT2D eigenvalue weighted by Gasteiger charge is -2.29. The van der Waals surface area contributed by atoms with Crippen LogP contribution in [0, 0.1) is 0 Å². The van der Waals surface area contributed by atoms with Crippen molar-refractivity contribution in [2.45, 2.75) is 134 Å². The van der Waals surface area contributed by atoms with E-state index in [2.05, 4.69) is 6.92 Å². The zero-order valence-corrected chi connectivity index (χ0v) is 25.6. The first-order valence-corrected chi connectivity index (χ1v) is 16.0. The van der Waals surface area contributed by atoms with Gasteiger partial charge in [-0.2, -0.15) is 26.3 Å². The van der Waals surface area contributed by atoms with Gasteiger partial charge >= 0.3 is 12.4 Å². The van der Waals surface area contributed by atoms with Crippen molar-refractivity contribution in [2.75, 3.05) is 13.2 Å². The van der Waals surface area contributed by atoms with Crippen LogP contribution in [0.25, 0.3) is 0 Å². The van der Waals surface area contributed by atoms with Crippen LogP contribution in [0.4, 0.5) is 26.3 Å². The molecule has 2 aromatic carbocycles. The molecule has 2 aromatic rings. The van der Waals surface area contributed by atoms with Gasteiger partial charge in [0.2, 0.25) is 0 Å². The molecule has 8 heteroatoms. The topological polar surface area (TPSA) is 18.5 Å². The van der Waals surface area contributed by atoms with Crippen molar-refractivity contribution in [3.63, 3.8) is 0 Å². The van der Waals surface area contributed by atoms with Gasteiger partial charge in [0, 0.05) is 26.1 Å². The first kappa shape index (κ1) is 35.4. The SMILES string of the molecule is CCCO[C@H]1CC[C@H](c2ccc(CCC(F)(F)F)cc2)CC1.CCO[C@H]1CC[C@H](c2ccc(CCC(F)(F)F)cc2)CC1. The van der Waals surface area contributed by atoms with Crippen molar-refractivity contribution in [1.29, 1.82) is 0 Å². The Kier molecular flexibility index (Phi) is 14.4. The van der Waals surface area contributed by atoms with Gasteiger partial charge in [-0.3, -0.25) is 0 Å². The molecule has 0 atom stereocenters. The molecule has 2 aliphatic rings. The average molecular weight is 615 g/mol. The highest BCUT2D eigenvalue weighted by Crippen LogP contribution is 2.35. The van der Waals surface area contributed by atoms with Crippen LogP contribution in [-0.2, 0) is 22.3 Å². The standard InChI is InChI=1S/C18H25F3O.C17H23F3O/c1-2-13-22-17-9-7-16(8-10-17)15-5-3-14(4-6-15)11-12-18(19,20)21;1-2-21-16-9-7-15(8-10-16)14-5-3-13(4-6-14)11-12-17(18,19)20/h3-6,16-17H,2,7-13H2,1H3;3-6,15-16H,2,7-12H2,1H3/t16-,17-;15-,16-. The molecule has 43 heavy (non-hydrogen) atoms. The predicted octanol–water partition coefficient (Wildman–Crippen LogP) is 10.9. The highest BCUT2D eigenvalue weighted by Gasteiger charge is 2.28. The molecule has 0 heterocycles. The van der Waals surface area contributed by atoms with Crippen LogP contribution in [0.2, 0.25) is 0 Å². The minimum atomic E-state index is -4.07. The maximum absolute atomic E-state index is 12.2. The fourth-order valence-electron chi connectivity index (χ4n) is 6.13. The van der Waals surface area contributed by atoms with E-state index in [0.717, 1.165) is 82.1 Å². The maximum atomic E-state index is 12.2. The fourth-order valence-corrected chi connectivity index (χ4v) is 6.13. The Morgan fingerprint density at radius 1 is 0.558 bits per heavy atom. The molecule has 0 N–H and O–H groups in total. The largest absolute Gasteiger partial charge is 0.389 e. The van der Waals surface area contributed by atoms with E-state index >= 15 is 0 Å². The second-order valence-electron chi connectivity index (χ2n) is 12.0. The van der Waals surface area contributed by atoms with E-state index < -0.39 is 25.2 Å². The molecule has 0 amide bonds. The Morgan fingerprint density at radius 2 is 0.930 bits per heavy atom. The van der Waals surface area contributed by atoms with E-state index in [4.69, 9.17) is 9.47 Å². The number of ether oxygens (including phenoxy) is 2. The molecule has 242 valence electrons. The van der Waals surface area contributed by atoms with Gasteiger partial charge in [0.1, 0.15) is 0 Å². The third kappa shape index (κ3) is 13.6. The molecular formula is C35H48F6O2. The lowest BCUT2D eigenvalue weighted by atomic mass is 9.82. The first-order chi connectivity index (χ1) is 20.5. The maximum Gasteiger partial charge on any atom is 0.389 e. The smallest absolute Gasteiger partial charge is 0.379 e. The van der Waals surface area contributed by atoms with E-state index in [9.17, 15) is 26.3 Å². The van der Waals surface area contributed by atoms with E-state index in [1.54, 1.807) is 0 Å². The van der Waals surface area contributed by atoms with Gasteiger partial charge in [0.25, 0.3) is 0 Å². The second kappa shape index (κ2) is 17.4. The molecule has 2 saturated carbocycles. The molecule has 0 bridgehead atoms. The quantitative estimate of drug-likeness (QED) is 0.235. The van der Waals surface area contributed by atoms with Gasteiger partial charge < -0.3 is 9.47 Å². The highest BCUT2D eigenvalue weighted by molar-refractivity contribution is 5.27. The lowest BCUT2D eigenvalue weighted by Crippen LogP contribution is -2.21. The van der Waals surface area contributed by atoms with Crippen molar-refractivity contribution in [1.82, 2.24) is 0 Å². The zero-order chi connectivity index (χ0) is 31.3. The van der Waals surface area contributed by atoms with Gasteiger partial charge in [-0.15, -0.1) is 0 Å². The lowest BCUT2D eigenvalue weighted by molar-refractivity contribution is -0.134. The summed E-state index contributed by atoms with van der Waals surface area (Å²) in [4.78, 5) is 0. The summed E-state index contributed by atoms with van der Waals surface area (Å²) in [5.41, 5.74) is 4.03. The van der Waals surface area contributed by atoms with Crippen molar-refractivity contribution < 1.29 is 35.8 Å². The molecular weight excluding hydrogens is 566 g/mol. The molecule has 0 spiro atoms. The second-order valence-corrected chi connectivity index (χ2v) is 12.0. The van der Waals surface area contributed by atoms with Crippen LogP contribution in [0.5, 0.6) is 0 Å². The van der Waals surface area contributed by atoms with E-state index in [-0.39, 0.29) is 12.8 Å². The molecule has 0 radical (unpaired) electrons. The van der Waals surface area contributed by atoms with Crippen molar-refractivity contribution in [3.8, 4) is 0 Å². The van der Waals surface area contributed by atoms with Gasteiger partial charge in [-0.05, 0) is 112 Å². The highest BCUT2D eigenvalue weighted by atomic mass is 19.4. The number of rotatable bonds is 11. The van der Waals surface area contributed by atoms with Crippen LogP contribution in [0.15, 0.2) is 48.5 Å². The van der Waals surface area contributed by atoms with Crippen molar-refractivity contribution >= 4 is 0 Å². The Balaban J connectivity index is 0.000000236.